The summed E-state index contributed by atoms with van der Waals surface area (Å²) < 4.78 is 0. The lowest BCUT2D eigenvalue weighted by Crippen LogP contribution is -2.45. The Hall–Kier alpha value is -3.28. The number of rotatable bonds is 5. The van der Waals surface area contributed by atoms with E-state index in [0.717, 1.165) is 17.0 Å². The van der Waals surface area contributed by atoms with Crippen molar-refractivity contribution in [2.24, 2.45) is 10.9 Å². The molecule has 0 bridgehead atoms. The van der Waals surface area contributed by atoms with E-state index in [4.69, 9.17) is 4.99 Å². The highest BCUT2D eigenvalue weighted by molar-refractivity contribution is 6.15. The molecular weight excluding hydrogens is 364 g/mol. The Morgan fingerprint density at radius 1 is 1.10 bits per heavy atom. The van der Waals surface area contributed by atoms with Crippen molar-refractivity contribution in [1.29, 1.82) is 0 Å². The molecule has 2 aromatic rings. The van der Waals surface area contributed by atoms with Crippen LogP contribution in [0.2, 0.25) is 0 Å². The van der Waals surface area contributed by atoms with E-state index in [1.165, 1.54) is 0 Å². The van der Waals surface area contributed by atoms with Crippen LogP contribution in [0.3, 0.4) is 0 Å². The van der Waals surface area contributed by atoms with E-state index < -0.39 is 12.0 Å². The third-order valence-electron chi connectivity index (χ3n) is 5.46. The summed E-state index contributed by atoms with van der Waals surface area (Å²) in [6.07, 6.45) is 2.18. The molecule has 0 radical (unpaired) electrons. The first-order valence-electron chi connectivity index (χ1n) is 9.92. The van der Waals surface area contributed by atoms with E-state index in [1.54, 1.807) is 6.20 Å². The van der Waals surface area contributed by atoms with Crippen LogP contribution in [0, 0.1) is 5.92 Å². The van der Waals surface area contributed by atoms with Crippen molar-refractivity contribution in [2.75, 3.05) is 6.54 Å². The second-order valence-electron chi connectivity index (χ2n) is 7.35. The molecule has 6 nitrogen and oxygen atoms in total. The number of aliphatic imine (C=N–C) groups is 1. The molecule has 1 amide bonds. The normalized spacial score (nSPS) is 23.3. The Morgan fingerprint density at radius 2 is 1.86 bits per heavy atom. The van der Waals surface area contributed by atoms with Crippen molar-refractivity contribution in [3.8, 4) is 0 Å². The molecule has 0 saturated heterocycles. The smallest absolute Gasteiger partial charge is 0.249 e. The van der Waals surface area contributed by atoms with Crippen molar-refractivity contribution in [3.63, 3.8) is 0 Å². The molecule has 3 heterocycles. The standard InChI is InChI=1S/C23H24N4O2/c1-3-24-23(29)18-14(2)26-22-20(19(18)15-9-5-4-6-10-15)21(28)17(27-22)13-16-11-7-8-12-25-16/h4-12,17,19-20H,3,13H2,1-2H3,(H,24,29)(H,26,27). The maximum absolute atomic E-state index is 13.4. The number of carbonyl (C=O) groups is 2. The van der Waals surface area contributed by atoms with E-state index >= 15 is 0 Å². The lowest BCUT2D eigenvalue weighted by atomic mass is 9.74. The Balaban J connectivity index is 1.73. The minimum Gasteiger partial charge on any atom is -0.353 e. The summed E-state index contributed by atoms with van der Waals surface area (Å²) in [6.45, 7) is 4.28. The van der Waals surface area contributed by atoms with Gasteiger partial charge in [0.2, 0.25) is 5.91 Å². The van der Waals surface area contributed by atoms with Gasteiger partial charge >= 0.3 is 0 Å². The summed E-state index contributed by atoms with van der Waals surface area (Å²) in [4.78, 5) is 35.4. The molecule has 0 fully saturated rings. The number of pyridine rings is 1. The first-order chi connectivity index (χ1) is 14.1. The van der Waals surface area contributed by atoms with Crippen molar-refractivity contribution < 1.29 is 9.59 Å². The van der Waals surface area contributed by atoms with Gasteiger partial charge in [-0.3, -0.25) is 19.6 Å². The van der Waals surface area contributed by atoms with Gasteiger partial charge in [0.05, 0.1) is 5.92 Å². The average Bonchev–Trinajstić information content (AvgIpc) is 3.03. The number of Topliss-reactive ketones (excluding diaryl/α,β-unsaturated/α-hetero) is 1. The Labute approximate surface area is 170 Å². The van der Waals surface area contributed by atoms with Crippen molar-refractivity contribution in [3.05, 3.63) is 77.3 Å². The molecule has 0 saturated carbocycles. The number of hydrogen-bond donors (Lipinski definition) is 2. The van der Waals surface area contributed by atoms with Crippen LogP contribution >= 0.6 is 0 Å². The molecule has 6 heteroatoms. The monoisotopic (exact) mass is 388 g/mol. The lowest BCUT2D eigenvalue weighted by Gasteiger charge is -2.33. The predicted molar refractivity (Wildman–Crippen MR) is 111 cm³/mol. The molecule has 148 valence electrons. The third kappa shape index (κ3) is 3.58. The van der Waals surface area contributed by atoms with Crippen molar-refractivity contribution in [2.45, 2.75) is 32.2 Å². The van der Waals surface area contributed by atoms with Gasteiger partial charge < -0.3 is 10.6 Å². The van der Waals surface area contributed by atoms with E-state index in [9.17, 15) is 9.59 Å². The highest BCUT2D eigenvalue weighted by Gasteiger charge is 2.48. The Bertz CT molecular complexity index is 982. The number of likely N-dealkylation sites (N-methyl/N-ethyl adjacent to an activating group) is 1. The first kappa shape index (κ1) is 19.1. The number of nitrogens with one attached hydrogen (secondary N) is 2. The third-order valence-corrected chi connectivity index (χ3v) is 5.46. The topological polar surface area (TPSA) is 83.4 Å². The number of ketones is 1. The molecule has 0 spiro atoms. The molecule has 2 aliphatic heterocycles. The molecule has 1 aromatic carbocycles. The summed E-state index contributed by atoms with van der Waals surface area (Å²) >= 11 is 0. The molecule has 29 heavy (non-hydrogen) atoms. The van der Waals surface area contributed by atoms with Crippen LogP contribution in [-0.4, -0.2) is 35.1 Å². The predicted octanol–water partition coefficient (Wildman–Crippen LogP) is 2.39. The highest BCUT2D eigenvalue weighted by atomic mass is 16.2. The number of hydrogen-bond acceptors (Lipinski definition) is 5. The van der Waals surface area contributed by atoms with Crippen molar-refractivity contribution >= 4 is 17.5 Å². The van der Waals surface area contributed by atoms with Crippen LogP contribution in [0.15, 0.2) is 71.0 Å². The maximum Gasteiger partial charge on any atom is 0.249 e. The molecule has 2 aliphatic rings. The second kappa shape index (κ2) is 7.99. The fourth-order valence-corrected chi connectivity index (χ4v) is 4.20. The number of amides is 1. The SMILES string of the molecule is CCNC(=O)C1=C(C)NC2=NC(Cc3ccccn3)C(=O)C2C1c1ccccc1. The summed E-state index contributed by atoms with van der Waals surface area (Å²) in [6, 6.07) is 14.9. The minimum absolute atomic E-state index is 0.0290. The van der Waals surface area contributed by atoms with Crippen LogP contribution in [-0.2, 0) is 16.0 Å². The molecule has 3 unspecified atom stereocenters. The fourth-order valence-electron chi connectivity index (χ4n) is 4.20. The molecule has 3 atom stereocenters. The molecular formula is C23H24N4O2. The summed E-state index contributed by atoms with van der Waals surface area (Å²) in [5.74, 6) is -0.320. The van der Waals surface area contributed by atoms with Gasteiger partial charge in [-0.25, -0.2) is 0 Å². The number of amidine groups is 1. The molecule has 0 aliphatic carbocycles. The van der Waals surface area contributed by atoms with Gasteiger partial charge in [0.15, 0.2) is 5.78 Å². The van der Waals surface area contributed by atoms with Gasteiger partial charge in [-0.1, -0.05) is 36.4 Å². The second-order valence-corrected chi connectivity index (χ2v) is 7.35. The zero-order chi connectivity index (χ0) is 20.4. The molecule has 4 rings (SSSR count). The summed E-state index contributed by atoms with van der Waals surface area (Å²) in [7, 11) is 0. The van der Waals surface area contributed by atoms with Gasteiger partial charge in [0, 0.05) is 42.0 Å². The number of allylic oxidation sites excluding steroid dienone is 1. The zero-order valence-corrected chi connectivity index (χ0v) is 16.6. The van der Waals surface area contributed by atoms with Gasteiger partial charge in [-0.2, -0.15) is 0 Å². The largest absolute Gasteiger partial charge is 0.353 e. The van der Waals surface area contributed by atoms with Crippen LogP contribution in [0.4, 0.5) is 0 Å². The minimum atomic E-state index is -0.495. The number of carbonyl (C=O) groups excluding carboxylic acids is 2. The van der Waals surface area contributed by atoms with E-state index in [-0.39, 0.29) is 17.6 Å². The van der Waals surface area contributed by atoms with Gasteiger partial charge in [-0.15, -0.1) is 0 Å². The van der Waals surface area contributed by atoms with Crippen LogP contribution < -0.4 is 10.6 Å². The van der Waals surface area contributed by atoms with E-state index in [0.29, 0.717) is 24.4 Å². The van der Waals surface area contributed by atoms with Gasteiger partial charge in [0.25, 0.3) is 0 Å². The van der Waals surface area contributed by atoms with Crippen LogP contribution in [0.1, 0.15) is 31.0 Å². The van der Waals surface area contributed by atoms with Crippen LogP contribution in [0.5, 0.6) is 0 Å². The lowest BCUT2D eigenvalue weighted by molar-refractivity contribution is -0.122. The Kier molecular flexibility index (Phi) is 5.25. The summed E-state index contributed by atoms with van der Waals surface area (Å²) in [5, 5.41) is 6.13. The first-order valence-corrected chi connectivity index (χ1v) is 9.92. The zero-order valence-electron chi connectivity index (χ0n) is 16.6. The Morgan fingerprint density at radius 3 is 2.55 bits per heavy atom. The highest BCUT2D eigenvalue weighted by Crippen LogP contribution is 2.41. The number of fused-ring (bicyclic) bond motifs is 1. The molecule has 2 N–H and O–H groups in total. The number of nitrogens with zero attached hydrogens (tertiary/aromatic N) is 2. The number of aromatic nitrogens is 1. The molecule has 1 aromatic heterocycles. The summed E-state index contributed by atoms with van der Waals surface area (Å²) in [5.41, 5.74) is 3.12. The van der Waals surface area contributed by atoms with E-state index in [1.807, 2.05) is 62.4 Å². The van der Waals surface area contributed by atoms with Crippen molar-refractivity contribution in [1.82, 2.24) is 15.6 Å². The van der Waals surface area contributed by atoms with Gasteiger partial charge in [-0.05, 0) is 31.5 Å². The maximum atomic E-state index is 13.4. The fraction of sp³-hybridized carbons (Fsp3) is 0.304. The van der Waals surface area contributed by atoms with Gasteiger partial charge in [0.1, 0.15) is 11.9 Å². The van der Waals surface area contributed by atoms with Crippen LogP contribution in [0.25, 0.3) is 0 Å². The average molecular weight is 388 g/mol. The van der Waals surface area contributed by atoms with E-state index in [2.05, 4.69) is 15.6 Å². The number of benzene rings is 1. The quantitative estimate of drug-likeness (QED) is 0.824.